The van der Waals surface area contributed by atoms with E-state index in [1.807, 2.05) is 5.38 Å². The highest BCUT2D eigenvalue weighted by molar-refractivity contribution is 7.13. The molecule has 0 spiro atoms. The lowest BCUT2D eigenvalue weighted by atomic mass is 10.3. The minimum atomic E-state index is -0.478. The van der Waals surface area contributed by atoms with Gasteiger partial charge in [0, 0.05) is 18.5 Å². The SMILES string of the molecule is CC1CN(c2nc(C(C)O)cs2)CCO1. The summed E-state index contributed by atoms with van der Waals surface area (Å²) in [5.41, 5.74) is 0.758. The number of aliphatic hydroxyl groups is 1. The Hall–Kier alpha value is -0.650. The van der Waals surface area contributed by atoms with Crippen LogP contribution in [0.4, 0.5) is 5.13 Å². The lowest BCUT2D eigenvalue weighted by Gasteiger charge is -2.30. The molecule has 0 saturated carbocycles. The highest BCUT2D eigenvalue weighted by Gasteiger charge is 2.19. The largest absolute Gasteiger partial charge is 0.387 e. The zero-order chi connectivity index (χ0) is 10.8. The van der Waals surface area contributed by atoms with Crippen molar-refractivity contribution in [1.82, 2.24) is 4.98 Å². The maximum atomic E-state index is 9.39. The summed E-state index contributed by atoms with van der Waals surface area (Å²) in [5, 5.41) is 12.3. The van der Waals surface area contributed by atoms with E-state index < -0.39 is 6.10 Å². The van der Waals surface area contributed by atoms with Gasteiger partial charge < -0.3 is 14.7 Å². The summed E-state index contributed by atoms with van der Waals surface area (Å²) in [7, 11) is 0. The van der Waals surface area contributed by atoms with Gasteiger partial charge in [0.1, 0.15) is 0 Å². The van der Waals surface area contributed by atoms with Crippen molar-refractivity contribution in [2.75, 3.05) is 24.6 Å². The number of hydrogen-bond acceptors (Lipinski definition) is 5. The van der Waals surface area contributed by atoms with Crippen LogP contribution < -0.4 is 4.90 Å². The van der Waals surface area contributed by atoms with Gasteiger partial charge in [-0.25, -0.2) is 4.98 Å². The van der Waals surface area contributed by atoms with Crippen LogP contribution in [0.25, 0.3) is 0 Å². The third kappa shape index (κ3) is 2.48. The molecule has 1 N–H and O–H groups in total. The zero-order valence-corrected chi connectivity index (χ0v) is 9.83. The topological polar surface area (TPSA) is 45.6 Å². The van der Waals surface area contributed by atoms with Crippen LogP contribution in [0.15, 0.2) is 5.38 Å². The minimum absolute atomic E-state index is 0.262. The lowest BCUT2D eigenvalue weighted by Crippen LogP contribution is -2.41. The number of ether oxygens (including phenoxy) is 1. The van der Waals surface area contributed by atoms with Crippen molar-refractivity contribution in [1.29, 1.82) is 0 Å². The van der Waals surface area contributed by atoms with Crippen molar-refractivity contribution < 1.29 is 9.84 Å². The third-order valence-electron chi connectivity index (χ3n) is 2.45. The lowest BCUT2D eigenvalue weighted by molar-refractivity contribution is 0.0532. The van der Waals surface area contributed by atoms with Crippen molar-refractivity contribution >= 4 is 16.5 Å². The van der Waals surface area contributed by atoms with Crippen LogP contribution in [0.1, 0.15) is 25.6 Å². The third-order valence-corrected chi connectivity index (χ3v) is 3.37. The van der Waals surface area contributed by atoms with Gasteiger partial charge in [0.15, 0.2) is 5.13 Å². The van der Waals surface area contributed by atoms with E-state index >= 15 is 0 Å². The molecule has 1 aliphatic rings. The monoisotopic (exact) mass is 228 g/mol. The van der Waals surface area contributed by atoms with Crippen LogP contribution in [0.2, 0.25) is 0 Å². The van der Waals surface area contributed by atoms with Crippen LogP contribution in [0.5, 0.6) is 0 Å². The number of aromatic nitrogens is 1. The number of nitrogens with zero attached hydrogens (tertiary/aromatic N) is 2. The number of aliphatic hydroxyl groups excluding tert-OH is 1. The van der Waals surface area contributed by atoms with Gasteiger partial charge in [-0.15, -0.1) is 11.3 Å². The Morgan fingerprint density at radius 2 is 2.53 bits per heavy atom. The molecule has 1 saturated heterocycles. The summed E-state index contributed by atoms with van der Waals surface area (Å²) in [4.78, 5) is 6.62. The molecule has 1 aromatic rings. The molecular weight excluding hydrogens is 212 g/mol. The van der Waals surface area contributed by atoms with E-state index in [0.29, 0.717) is 0 Å². The maximum absolute atomic E-state index is 9.39. The van der Waals surface area contributed by atoms with Gasteiger partial charge in [-0.3, -0.25) is 0 Å². The molecule has 2 heterocycles. The van der Waals surface area contributed by atoms with Crippen LogP contribution in [-0.4, -0.2) is 35.9 Å². The Kier molecular flexibility index (Phi) is 3.23. The van der Waals surface area contributed by atoms with Gasteiger partial charge in [0.2, 0.25) is 0 Å². The summed E-state index contributed by atoms with van der Waals surface area (Å²) >= 11 is 1.59. The molecule has 1 fully saturated rings. The molecule has 0 radical (unpaired) electrons. The Balaban J connectivity index is 2.08. The van der Waals surface area contributed by atoms with Crippen LogP contribution in [0, 0.1) is 0 Å². The second-order valence-corrected chi connectivity index (χ2v) is 4.69. The minimum Gasteiger partial charge on any atom is -0.387 e. The Bertz CT molecular complexity index is 327. The highest BCUT2D eigenvalue weighted by atomic mass is 32.1. The summed E-state index contributed by atoms with van der Waals surface area (Å²) in [5.74, 6) is 0. The summed E-state index contributed by atoms with van der Waals surface area (Å²) in [6.45, 7) is 6.32. The first kappa shape index (κ1) is 10.9. The average Bonchev–Trinajstić information content (AvgIpc) is 2.66. The number of thiazole rings is 1. The van der Waals surface area contributed by atoms with Crippen molar-refractivity contribution in [2.24, 2.45) is 0 Å². The fraction of sp³-hybridized carbons (Fsp3) is 0.700. The number of anilines is 1. The summed E-state index contributed by atoms with van der Waals surface area (Å²) in [6.07, 6.45) is -0.217. The predicted octanol–water partition coefficient (Wildman–Crippen LogP) is 1.42. The molecule has 1 aromatic heterocycles. The molecule has 5 heteroatoms. The van der Waals surface area contributed by atoms with E-state index in [1.54, 1.807) is 18.3 Å². The first-order valence-electron chi connectivity index (χ1n) is 5.17. The second kappa shape index (κ2) is 4.47. The number of morpholine rings is 1. The van der Waals surface area contributed by atoms with Gasteiger partial charge >= 0.3 is 0 Å². The van der Waals surface area contributed by atoms with E-state index in [0.717, 1.165) is 30.5 Å². The normalized spacial score (nSPS) is 24.2. The van der Waals surface area contributed by atoms with Gasteiger partial charge in [-0.1, -0.05) is 0 Å². The first-order chi connectivity index (χ1) is 7.16. The van der Waals surface area contributed by atoms with Crippen molar-refractivity contribution in [3.05, 3.63) is 11.1 Å². The van der Waals surface area contributed by atoms with Gasteiger partial charge in [0.05, 0.1) is 24.5 Å². The molecule has 15 heavy (non-hydrogen) atoms. The maximum Gasteiger partial charge on any atom is 0.185 e. The fourth-order valence-corrected chi connectivity index (χ4v) is 2.55. The van der Waals surface area contributed by atoms with Crippen LogP contribution >= 0.6 is 11.3 Å². The first-order valence-corrected chi connectivity index (χ1v) is 6.05. The van der Waals surface area contributed by atoms with E-state index in [9.17, 15) is 5.11 Å². The van der Waals surface area contributed by atoms with Gasteiger partial charge in [-0.2, -0.15) is 0 Å². The molecule has 84 valence electrons. The smallest absolute Gasteiger partial charge is 0.185 e. The molecule has 4 nitrogen and oxygen atoms in total. The summed E-state index contributed by atoms with van der Waals surface area (Å²) < 4.78 is 5.47. The molecular formula is C10H16N2O2S. The molecule has 0 aromatic carbocycles. The van der Waals surface area contributed by atoms with E-state index in [4.69, 9.17) is 4.74 Å². The number of rotatable bonds is 2. The molecule has 2 rings (SSSR count). The summed E-state index contributed by atoms with van der Waals surface area (Å²) in [6, 6.07) is 0. The van der Waals surface area contributed by atoms with Crippen molar-refractivity contribution in [2.45, 2.75) is 26.1 Å². The van der Waals surface area contributed by atoms with Crippen LogP contribution in [0.3, 0.4) is 0 Å². The quantitative estimate of drug-likeness (QED) is 0.831. The van der Waals surface area contributed by atoms with E-state index in [2.05, 4.69) is 16.8 Å². The Morgan fingerprint density at radius 3 is 3.13 bits per heavy atom. The van der Waals surface area contributed by atoms with Gasteiger partial charge in [0.25, 0.3) is 0 Å². The van der Waals surface area contributed by atoms with Gasteiger partial charge in [-0.05, 0) is 13.8 Å². The Morgan fingerprint density at radius 1 is 1.73 bits per heavy atom. The highest BCUT2D eigenvalue weighted by Crippen LogP contribution is 2.25. The average molecular weight is 228 g/mol. The van der Waals surface area contributed by atoms with Crippen LogP contribution in [-0.2, 0) is 4.74 Å². The second-order valence-electron chi connectivity index (χ2n) is 3.86. The van der Waals surface area contributed by atoms with Crippen molar-refractivity contribution in [3.8, 4) is 0 Å². The fourth-order valence-electron chi connectivity index (χ4n) is 1.61. The Labute approximate surface area is 93.5 Å². The van der Waals surface area contributed by atoms with Crippen molar-refractivity contribution in [3.63, 3.8) is 0 Å². The molecule has 0 bridgehead atoms. The van der Waals surface area contributed by atoms with E-state index in [-0.39, 0.29) is 6.10 Å². The number of hydrogen-bond donors (Lipinski definition) is 1. The molecule has 2 unspecified atom stereocenters. The molecule has 0 amide bonds. The standard InChI is InChI=1S/C10H16N2O2S/c1-7-5-12(3-4-14-7)10-11-9(6-15-10)8(2)13/h6-8,13H,3-5H2,1-2H3. The molecule has 0 aliphatic carbocycles. The zero-order valence-electron chi connectivity index (χ0n) is 9.01. The van der Waals surface area contributed by atoms with E-state index in [1.165, 1.54) is 0 Å². The molecule has 1 aliphatic heterocycles. The predicted molar refractivity (Wildman–Crippen MR) is 60.4 cm³/mol. The molecule has 2 atom stereocenters.